The molecule has 0 fully saturated rings. The Labute approximate surface area is 181 Å². The van der Waals surface area contributed by atoms with Crippen molar-refractivity contribution in [2.24, 2.45) is 0 Å². The van der Waals surface area contributed by atoms with Crippen molar-refractivity contribution in [1.29, 1.82) is 0 Å². The number of phenolic OH excluding ortho intramolecular Hbond substituents is 1. The first-order valence-corrected chi connectivity index (χ1v) is 10.2. The number of carbonyl (C=O) groups is 2. The van der Waals surface area contributed by atoms with Crippen molar-refractivity contribution in [3.05, 3.63) is 94.1 Å². The fraction of sp³-hybridized carbons (Fsp3) is 0.0400. The summed E-state index contributed by atoms with van der Waals surface area (Å²) >= 11 is 1.27. The van der Waals surface area contributed by atoms with Gasteiger partial charge in [0.15, 0.2) is 0 Å². The largest absolute Gasteiger partial charge is 0.508 e. The summed E-state index contributed by atoms with van der Waals surface area (Å²) in [6, 6.07) is 16.2. The molecule has 31 heavy (non-hydrogen) atoms. The van der Waals surface area contributed by atoms with Gasteiger partial charge in [-0.2, -0.15) is 0 Å². The van der Waals surface area contributed by atoms with Gasteiger partial charge in [-0.1, -0.05) is 24.3 Å². The summed E-state index contributed by atoms with van der Waals surface area (Å²) in [6.45, 7) is 1.69. The van der Waals surface area contributed by atoms with Gasteiger partial charge >= 0.3 is 5.97 Å². The minimum Gasteiger partial charge on any atom is -0.508 e. The normalized spacial score (nSPS) is 11.3. The minimum atomic E-state index is -1.03. The molecular formula is C25H17FO4S. The topological polar surface area (TPSA) is 74.6 Å². The highest BCUT2D eigenvalue weighted by Crippen LogP contribution is 2.41. The van der Waals surface area contributed by atoms with E-state index in [0.29, 0.717) is 21.6 Å². The average Bonchev–Trinajstić information content (AvgIpc) is 3.10. The van der Waals surface area contributed by atoms with Crippen molar-refractivity contribution in [2.45, 2.75) is 6.92 Å². The van der Waals surface area contributed by atoms with Gasteiger partial charge in [-0.05, 0) is 66.1 Å². The van der Waals surface area contributed by atoms with Gasteiger partial charge in [0.2, 0.25) is 5.78 Å². The Hall–Kier alpha value is -3.77. The van der Waals surface area contributed by atoms with Crippen LogP contribution in [0.5, 0.6) is 5.75 Å². The number of carboxylic acid groups (broad SMARTS) is 1. The first-order chi connectivity index (χ1) is 14.8. The molecule has 154 valence electrons. The maximum absolute atomic E-state index is 13.5. The molecule has 0 atom stereocenters. The van der Waals surface area contributed by atoms with Gasteiger partial charge in [-0.15, -0.1) is 11.3 Å². The number of aliphatic carboxylic acids is 1. The zero-order valence-corrected chi connectivity index (χ0v) is 17.2. The lowest BCUT2D eigenvalue weighted by Gasteiger charge is -2.08. The Morgan fingerprint density at radius 2 is 1.74 bits per heavy atom. The third kappa shape index (κ3) is 4.11. The molecule has 4 aromatic rings. The van der Waals surface area contributed by atoms with Crippen molar-refractivity contribution in [2.75, 3.05) is 0 Å². The van der Waals surface area contributed by atoms with Gasteiger partial charge in [0.25, 0.3) is 0 Å². The quantitative estimate of drug-likeness (QED) is 0.297. The first kappa shape index (κ1) is 20.5. The van der Waals surface area contributed by atoms with Crippen LogP contribution in [-0.4, -0.2) is 22.0 Å². The summed E-state index contributed by atoms with van der Waals surface area (Å²) in [5.41, 5.74) is 3.19. The lowest BCUT2D eigenvalue weighted by molar-refractivity contribution is -0.131. The molecule has 1 aromatic heterocycles. The monoisotopic (exact) mass is 432 g/mol. The highest BCUT2D eigenvalue weighted by Gasteiger charge is 2.22. The van der Waals surface area contributed by atoms with E-state index in [0.717, 1.165) is 27.3 Å². The predicted octanol–water partition coefficient (Wildman–Crippen LogP) is 6.05. The van der Waals surface area contributed by atoms with Crippen LogP contribution in [0.15, 0.2) is 66.7 Å². The molecule has 0 aliphatic carbocycles. The number of fused-ring (bicyclic) bond motifs is 1. The molecule has 6 heteroatoms. The van der Waals surface area contributed by atoms with Crippen LogP contribution in [0.1, 0.15) is 26.4 Å². The smallest absolute Gasteiger partial charge is 0.328 e. The van der Waals surface area contributed by atoms with Crippen molar-refractivity contribution in [1.82, 2.24) is 0 Å². The molecule has 0 bridgehead atoms. The summed E-state index contributed by atoms with van der Waals surface area (Å²) in [5.74, 6) is -1.55. The first-order valence-electron chi connectivity index (χ1n) is 9.41. The molecule has 0 spiro atoms. The molecule has 0 unspecified atom stereocenters. The number of carbonyl (C=O) groups excluding carboxylic acids is 1. The molecule has 0 aliphatic rings. The van der Waals surface area contributed by atoms with E-state index in [2.05, 4.69) is 0 Å². The number of aryl methyl sites for hydroxylation is 1. The summed E-state index contributed by atoms with van der Waals surface area (Å²) in [5, 5.41) is 19.5. The number of rotatable bonds is 5. The second-order valence-electron chi connectivity index (χ2n) is 7.07. The zero-order valence-electron chi connectivity index (χ0n) is 16.4. The lowest BCUT2D eigenvalue weighted by atomic mass is 9.96. The highest BCUT2D eigenvalue weighted by atomic mass is 32.1. The van der Waals surface area contributed by atoms with Crippen molar-refractivity contribution >= 4 is 39.3 Å². The number of benzene rings is 3. The number of halogens is 1. The molecule has 4 rings (SSSR count). The van der Waals surface area contributed by atoms with Crippen LogP contribution < -0.4 is 0 Å². The van der Waals surface area contributed by atoms with E-state index in [1.165, 1.54) is 35.6 Å². The van der Waals surface area contributed by atoms with E-state index in [1.807, 2.05) is 12.1 Å². The fourth-order valence-electron chi connectivity index (χ4n) is 3.46. The van der Waals surface area contributed by atoms with E-state index < -0.39 is 11.8 Å². The number of thiophene rings is 1. The number of carboxylic acids is 1. The predicted molar refractivity (Wildman–Crippen MR) is 120 cm³/mol. The van der Waals surface area contributed by atoms with Gasteiger partial charge in [-0.3, -0.25) is 4.79 Å². The Morgan fingerprint density at radius 1 is 1.00 bits per heavy atom. The third-order valence-corrected chi connectivity index (χ3v) is 6.08. The van der Waals surface area contributed by atoms with Gasteiger partial charge < -0.3 is 10.2 Å². The number of hydrogen-bond acceptors (Lipinski definition) is 4. The average molecular weight is 432 g/mol. The summed E-state index contributed by atoms with van der Waals surface area (Å²) < 4.78 is 14.3. The van der Waals surface area contributed by atoms with Crippen LogP contribution in [0.2, 0.25) is 0 Å². The molecule has 0 saturated carbocycles. The number of aromatic hydroxyl groups is 1. The van der Waals surface area contributed by atoms with E-state index in [1.54, 1.807) is 37.3 Å². The van der Waals surface area contributed by atoms with E-state index in [4.69, 9.17) is 5.11 Å². The summed E-state index contributed by atoms with van der Waals surface area (Å²) in [7, 11) is 0. The van der Waals surface area contributed by atoms with Crippen LogP contribution in [0.4, 0.5) is 4.39 Å². The summed E-state index contributed by atoms with van der Waals surface area (Å²) in [6.07, 6.45) is 2.55. The van der Waals surface area contributed by atoms with Crippen LogP contribution >= 0.6 is 11.3 Å². The Morgan fingerprint density at radius 3 is 2.42 bits per heavy atom. The summed E-state index contributed by atoms with van der Waals surface area (Å²) in [4.78, 5) is 24.6. The van der Waals surface area contributed by atoms with Crippen molar-refractivity contribution < 1.29 is 24.2 Å². The molecule has 0 radical (unpaired) electrons. The Balaban J connectivity index is 1.88. The second kappa shape index (κ2) is 8.16. The minimum absolute atomic E-state index is 0.103. The van der Waals surface area contributed by atoms with Gasteiger partial charge in [-0.25, -0.2) is 9.18 Å². The second-order valence-corrected chi connectivity index (χ2v) is 8.12. The number of ketones is 1. The van der Waals surface area contributed by atoms with Crippen LogP contribution in [0.3, 0.4) is 0 Å². The molecule has 0 aliphatic heterocycles. The van der Waals surface area contributed by atoms with E-state index >= 15 is 0 Å². The maximum Gasteiger partial charge on any atom is 0.328 e. The Kier molecular flexibility index (Phi) is 5.40. The molecular weight excluding hydrogens is 415 g/mol. The Bertz CT molecular complexity index is 1350. The fourth-order valence-corrected chi connectivity index (χ4v) is 4.68. The highest BCUT2D eigenvalue weighted by molar-refractivity contribution is 7.21. The van der Waals surface area contributed by atoms with Gasteiger partial charge in [0, 0.05) is 27.3 Å². The van der Waals surface area contributed by atoms with E-state index in [9.17, 15) is 19.1 Å². The lowest BCUT2D eigenvalue weighted by Crippen LogP contribution is -2.03. The molecule has 1 heterocycles. The van der Waals surface area contributed by atoms with Crippen LogP contribution in [-0.2, 0) is 4.79 Å². The van der Waals surface area contributed by atoms with E-state index in [-0.39, 0.29) is 11.5 Å². The van der Waals surface area contributed by atoms with Gasteiger partial charge in [0.1, 0.15) is 11.6 Å². The van der Waals surface area contributed by atoms with Crippen molar-refractivity contribution in [3.8, 4) is 16.9 Å². The molecule has 0 saturated heterocycles. The zero-order chi connectivity index (χ0) is 22.1. The van der Waals surface area contributed by atoms with Crippen molar-refractivity contribution in [3.63, 3.8) is 0 Å². The van der Waals surface area contributed by atoms with Crippen LogP contribution in [0.25, 0.3) is 27.3 Å². The maximum atomic E-state index is 13.5. The molecule has 4 nitrogen and oxygen atoms in total. The molecule has 0 amide bonds. The standard InChI is InChI=1S/C25H17FO4S/c1-14-12-17(26)7-9-19(14)24(30)25-23(20-10-8-18(27)13-21(20)31-25)16-5-2-15(3-6-16)4-11-22(28)29/h2-13,27H,1H3,(H,28,29)/b11-4+. The number of phenols is 1. The third-order valence-electron chi connectivity index (χ3n) is 4.93. The number of hydrogen-bond donors (Lipinski definition) is 2. The van der Waals surface area contributed by atoms with Gasteiger partial charge in [0.05, 0.1) is 4.88 Å². The SMILES string of the molecule is Cc1cc(F)ccc1C(=O)c1sc2cc(O)ccc2c1-c1ccc(/C=C/C(=O)O)cc1. The van der Waals surface area contributed by atoms with Crippen LogP contribution in [0, 0.1) is 12.7 Å². The molecule has 2 N–H and O–H groups in total. The molecule has 3 aromatic carbocycles.